The number of benzene rings is 2. The summed E-state index contributed by atoms with van der Waals surface area (Å²) in [6, 6.07) is 13.4. The van der Waals surface area contributed by atoms with Crippen molar-refractivity contribution in [3.63, 3.8) is 0 Å². The van der Waals surface area contributed by atoms with Gasteiger partial charge in [-0.15, -0.1) is 0 Å². The lowest BCUT2D eigenvalue weighted by atomic mass is 10.2. The van der Waals surface area contributed by atoms with Crippen molar-refractivity contribution in [2.45, 2.75) is 26.4 Å². The summed E-state index contributed by atoms with van der Waals surface area (Å²) in [6.45, 7) is 4.59. The molecular weight excluding hydrogens is 295 g/mol. The van der Waals surface area contributed by atoms with E-state index < -0.39 is 0 Å². The summed E-state index contributed by atoms with van der Waals surface area (Å²) in [5, 5.41) is 5.53. The molecule has 4 nitrogen and oxygen atoms in total. The first kappa shape index (κ1) is 16.8. The summed E-state index contributed by atoms with van der Waals surface area (Å²) in [5.74, 6) is 0.491. The first-order valence-electron chi connectivity index (χ1n) is 7.51. The largest absolute Gasteiger partial charge is 0.491 e. The summed E-state index contributed by atoms with van der Waals surface area (Å²) in [4.78, 5) is 11.8. The smallest absolute Gasteiger partial charge is 0.315 e. The summed E-state index contributed by atoms with van der Waals surface area (Å²) >= 11 is 0. The van der Waals surface area contributed by atoms with E-state index in [2.05, 4.69) is 10.6 Å². The molecule has 0 aromatic heterocycles. The number of nitrogens with one attached hydrogen (secondary N) is 2. The first-order chi connectivity index (χ1) is 11.0. The Labute approximate surface area is 135 Å². The van der Waals surface area contributed by atoms with Crippen molar-refractivity contribution in [1.82, 2.24) is 10.6 Å². The SMILES string of the molecule is Cc1cccc(OCC(C)NC(=O)NCc2ccc(F)cc2)c1. The Morgan fingerprint density at radius 3 is 2.65 bits per heavy atom. The lowest BCUT2D eigenvalue weighted by molar-refractivity contribution is 0.226. The molecule has 0 bridgehead atoms. The summed E-state index contributed by atoms with van der Waals surface area (Å²) in [5.41, 5.74) is 1.96. The van der Waals surface area contributed by atoms with Crippen molar-refractivity contribution in [1.29, 1.82) is 0 Å². The number of amides is 2. The second-order valence-electron chi connectivity index (χ2n) is 5.48. The number of hydrogen-bond donors (Lipinski definition) is 2. The zero-order valence-electron chi connectivity index (χ0n) is 13.3. The minimum Gasteiger partial charge on any atom is -0.491 e. The van der Waals surface area contributed by atoms with Crippen LogP contribution in [0.1, 0.15) is 18.1 Å². The van der Waals surface area contributed by atoms with E-state index in [-0.39, 0.29) is 17.9 Å². The highest BCUT2D eigenvalue weighted by Crippen LogP contribution is 2.12. The van der Waals surface area contributed by atoms with Crippen LogP contribution in [0.2, 0.25) is 0 Å². The van der Waals surface area contributed by atoms with Gasteiger partial charge in [-0.05, 0) is 49.2 Å². The van der Waals surface area contributed by atoms with Crippen LogP contribution in [0.5, 0.6) is 5.75 Å². The van der Waals surface area contributed by atoms with E-state index >= 15 is 0 Å². The average Bonchev–Trinajstić information content (AvgIpc) is 2.52. The van der Waals surface area contributed by atoms with E-state index in [1.165, 1.54) is 12.1 Å². The zero-order valence-corrected chi connectivity index (χ0v) is 13.3. The monoisotopic (exact) mass is 316 g/mol. The molecule has 1 unspecified atom stereocenters. The third-order valence-electron chi connectivity index (χ3n) is 3.23. The Morgan fingerprint density at radius 1 is 1.22 bits per heavy atom. The van der Waals surface area contributed by atoms with E-state index in [4.69, 9.17) is 4.74 Å². The van der Waals surface area contributed by atoms with E-state index in [0.29, 0.717) is 13.2 Å². The minimum absolute atomic E-state index is 0.135. The van der Waals surface area contributed by atoms with Crippen LogP contribution in [-0.4, -0.2) is 18.7 Å². The third kappa shape index (κ3) is 5.98. The molecule has 1 atom stereocenters. The molecular formula is C18H21FN2O2. The molecule has 0 spiro atoms. The molecule has 0 aliphatic carbocycles. The van der Waals surface area contributed by atoms with Crippen molar-refractivity contribution in [3.8, 4) is 5.75 Å². The van der Waals surface area contributed by atoms with Gasteiger partial charge in [-0.3, -0.25) is 0 Å². The van der Waals surface area contributed by atoms with E-state index in [9.17, 15) is 9.18 Å². The van der Waals surface area contributed by atoms with Crippen molar-refractivity contribution in [2.24, 2.45) is 0 Å². The zero-order chi connectivity index (χ0) is 16.7. The molecule has 0 saturated carbocycles. The number of urea groups is 1. The number of halogens is 1. The fourth-order valence-electron chi connectivity index (χ4n) is 2.03. The molecule has 2 amide bonds. The normalized spacial score (nSPS) is 11.6. The molecule has 2 aromatic carbocycles. The second-order valence-corrected chi connectivity index (χ2v) is 5.48. The van der Waals surface area contributed by atoms with Gasteiger partial charge in [0.25, 0.3) is 0 Å². The van der Waals surface area contributed by atoms with Gasteiger partial charge in [0, 0.05) is 6.54 Å². The highest BCUT2D eigenvalue weighted by Gasteiger charge is 2.08. The van der Waals surface area contributed by atoms with E-state index in [1.54, 1.807) is 12.1 Å². The van der Waals surface area contributed by atoms with Gasteiger partial charge < -0.3 is 15.4 Å². The second kappa shape index (κ2) is 8.17. The Kier molecular flexibility index (Phi) is 5.97. The van der Waals surface area contributed by atoms with Gasteiger partial charge in [-0.2, -0.15) is 0 Å². The molecule has 23 heavy (non-hydrogen) atoms. The van der Waals surface area contributed by atoms with Crippen LogP contribution in [0, 0.1) is 12.7 Å². The van der Waals surface area contributed by atoms with Gasteiger partial charge in [0.2, 0.25) is 0 Å². The third-order valence-corrected chi connectivity index (χ3v) is 3.23. The van der Waals surface area contributed by atoms with E-state index in [1.807, 2.05) is 38.1 Å². The first-order valence-corrected chi connectivity index (χ1v) is 7.51. The average molecular weight is 316 g/mol. The van der Waals surface area contributed by atoms with Crippen LogP contribution in [0.25, 0.3) is 0 Å². The Balaban J connectivity index is 1.70. The highest BCUT2D eigenvalue weighted by molar-refractivity contribution is 5.74. The maximum Gasteiger partial charge on any atom is 0.315 e. The van der Waals surface area contributed by atoms with Crippen LogP contribution in [0.15, 0.2) is 48.5 Å². The molecule has 0 fully saturated rings. The van der Waals surface area contributed by atoms with E-state index in [0.717, 1.165) is 16.9 Å². The topological polar surface area (TPSA) is 50.4 Å². The van der Waals surface area contributed by atoms with Crippen molar-refractivity contribution >= 4 is 6.03 Å². The van der Waals surface area contributed by atoms with Crippen molar-refractivity contribution in [2.75, 3.05) is 6.61 Å². The quantitative estimate of drug-likeness (QED) is 0.858. The molecule has 5 heteroatoms. The maximum atomic E-state index is 12.8. The van der Waals surface area contributed by atoms with Crippen LogP contribution in [0.4, 0.5) is 9.18 Å². The number of aryl methyl sites for hydroxylation is 1. The number of rotatable bonds is 6. The summed E-state index contributed by atoms with van der Waals surface area (Å²) in [6.07, 6.45) is 0. The van der Waals surface area contributed by atoms with Crippen LogP contribution in [-0.2, 0) is 6.54 Å². The maximum absolute atomic E-state index is 12.8. The van der Waals surface area contributed by atoms with Gasteiger partial charge in [-0.25, -0.2) is 9.18 Å². The fourth-order valence-corrected chi connectivity index (χ4v) is 2.03. The summed E-state index contributed by atoms with van der Waals surface area (Å²) in [7, 11) is 0. The molecule has 0 heterocycles. The van der Waals surface area contributed by atoms with Crippen LogP contribution in [0.3, 0.4) is 0 Å². The number of carbonyl (C=O) groups is 1. The number of ether oxygens (including phenoxy) is 1. The van der Waals surface area contributed by atoms with Crippen molar-refractivity contribution < 1.29 is 13.9 Å². The molecule has 0 aliphatic heterocycles. The Morgan fingerprint density at radius 2 is 1.96 bits per heavy atom. The van der Waals surface area contributed by atoms with Gasteiger partial charge in [0.1, 0.15) is 18.2 Å². The minimum atomic E-state index is -0.292. The molecule has 122 valence electrons. The standard InChI is InChI=1S/C18H21FN2O2/c1-13-4-3-5-17(10-13)23-12-14(2)21-18(22)20-11-15-6-8-16(19)9-7-15/h3-10,14H,11-12H2,1-2H3,(H2,20,21,22). The van der Waals surface area contributed by atoms with Crippen molar-refractivity contribution in [3.05, 3.63) is 65.5 Å². The highest BCUT2D eigenvalue weighted by atomic mass is 19.1. The lowest BCUT2D eigenvalue weighted by Gasteiger charge is -2.16. The van der Waals surface area contributed by atoms with Gasteiger partial charge in [0.05, 0.1) is 6.04 Å². The number of carbonyl (C=O) groups excluding carboxylic acids is 1. The molecule has 2 rings (SSSR count). The van der Waals surface area contributed by atoms with Crippen LogP contribution >= 0.6 is 0 Å². The lowest BCUT2D eigenvalue weighted by Crippen LogP contribution is -2.43. The predicted molar refractivity (Wildman–Crippen MR) is 87.9 cm³/mol. The molecule has 0 saturated heterocycles. The molecule has 2 aromatic rings. The fraction of sp³-hybridized carbons (Fsp3) is 0.278. The molecule has 0 aliphatic rings. The Hall–Kier alpha value is -2.56. The summed E-state index contributed by atoms with van der Waals surface area (Å²) < 4.78 is 18.4. The Bertz CT molecular complexity index is 644. The van der Waals surface area contributed by atoms with Gasteiger partial charge in [-0.1, -0.05) is 24.3 Å². The predicted octanol–water partition coefficient (Wildman–Crippen LogP) is 3.40. The molecule has 0 radical (unpaired) electrons. The molecule has 2 N–H and O–H groups in total. The number of hydrogen-bond acceptors (Lipinski definition) is 2. The van der Waals surface area contributed by atoms with Gasteiger partial charge in [0.15, 0.2) is 0 Å². The van der Waals surface area contributed by atoms with Crippen LogP contribution < -0.4 is 15.4 Å². The van der Waals surface area contributed by atoms with Gasteiger partial charge >= 0.3 is 6.03 Å².